The lowest BCUT2D eigenvalue weighted by atomic mass is 9.94. The van der Waals surface area contributed by atoms with Gasteiger partial charge < -0.3 is 20.3 Å². The van der Waals surface area contributed by atoms with Crippen LogP contribution in [0.1, 0.15) is 109 Å². The van der Waals surface area contributed by atoms with E-state index in [4.69, 9.17) is 4.74 Å². The van der Waals surface area contributed by atoms with Gasteiger partial charge in [0.1, 0.15) is 17.7 Å². The van der Waals surface area contributed by atoms with Crippen molar-refractivity contribution >= 4 is 29.7 Å². The molecule has 3 amide bonds. The van der Waals surface area contributed by atoms with Crippen LogP contribution in [0.4, 0.5) is 4.79 Å². The molecule has 1 aromatic rings. The molecule has 0 aromatic heterocycles. The summed E-state index contributed by atoms with van der Waals surface area (Å²) >= 11 is 1.61. The molecule has 0 bridgehead atoms. The lowest BCUT2D eigenvalue weighted by Gasteiger charge is -2.36. The Hall–Kier alpha value is -2.22. The monoisotopic (exact) mass is 563 g/mol. The van der Waals surface area contributed by atoms with Crippen LogP contribution in [-0.2, 0) is 14.3 Å². The first-order valence-corrected chi connectivity index (χ1v) is 15.9. The Morgan fingerprint density at radius 3 is 2.28 bits per heavy atom. The van der Waals surface area contributed by atoms with Crippen molar-refractivity contribution in [3.63, 3.8) is 0 Å². The third-order valence-corrected chi connectivity index (χ3v) is 7.39. The van der Waals surface area contributed by atoms with Crippen molar-refractivity contribution in [1.82, 2.24) is 15.5 Å². The summed E-state index contributed by atoms with van der Waals surface area (Å²) in [6, 6.07) is 4.30. The highest BCUT2D eigenvalue weighted by atomic mass is 32.2. The summed E-state index contributed by atoms with van der Waals surface area (Å²) in [4.78, 5) is 42.7. The predicted molar refractivity (Wildman–Crippen MR) is 163 cm³/mol. The maximum atomic E-state index is 14.3. The van der Waals surface area contributed by atoms with Crippen molar-refractivity contribution in [3.05, 3.63) is 34.9 Å². The van der Waals surface area contributed by atoms with Crippen molar-refractivity contribution in [1.29, 1.82) is 0 Å². The van der Waals surface area contributed by atoms with Gasteiger partial charge in [-0.1, -0.05) is 57.7 Å². The van der Waals surface area contributed by atoms with E-state index in [1.165, 1.54) is 0 Å². The number of nitrogens with one attached hydrogen (secondary N) is 2. The van der Waals surface area contributed by atoms with E-state index in [1.54, 1.807) is 37.4 Å². The summed E-state index contributed by atoms with van der Waals surface area (Å²) in [7, 11) is 0. The van der Waals surface area contributed by atoms with Gasteiger partial charge in [0, 0.05) is 12.6 Å². The van der Waals surface area contributed by atoms with Gasteiger partial charge in [-0.3, -0.25) is 9.59 Å². The third-order valence-electron chi connectivity index (χ3n) is 6.75. The molecule has 0 radical (unpaired) electrons. The molecule has 222 valence electrons. The first kappa shape index (κ1) is 34.8. The number of ether oxygens (including phenoxy) is 1. The summed E-state index contributed by atoms with van der Waals surface area (Å²) in [5.74, 6) is 0.244. The Labute approximate surface area is 241 Å². The molecule has 0 aliphatic heterocycles. The number of carbonyl (C=O) groups excluding carboxylic acids is 3. The van der Waals surface area contributed by atoms with Gasteiger partial charge in [0.15, 0.2) is 0 Å². The highest BCUT2D eigenvalue weighted by molar-refractivity contribution is 7.98. The number of amides is 3. The van der Waals surface area contributed by atoms with Gasteiger partial charge in [0.2, 0.25) is 11.8 Å². The zero-order chi connectivity index (χ0) is 29.6. The highest BCUT2D eigenvalue weighted by Gasteiger charge is 2.37. The molecule has 0 aliphatic carbocycles. The lowest BCUT2D eigenvalue weighted by molar-refractivity contribution is -0.143. The van der Waals surface area contributed by atoms with Gasteiger partial charge in [0.25, 0.3) is 0 Å². The second kappa shape index (κ2) is 17.5. The van der Waals surface area contributed by atoms with E-state index in [9.17, 15) is 14.4 Å². The normalized spacial score (nSPS) is 13.8. The average Bonchev–Trinajstić information content (AvgIpc) is 2.84. The average molecular weight is 564 g/mol. The van der Waals surface area contributed by atoms with Crippen LogP contribution < -0.4 is 10.6 Å². The quantitative estimate of drug-likeness (QED) is 0.218. The number of unbranched alkanes of at least 4 members (excludes halogenated alkanes) is 3. The van der Waals surface area contributed by atoms with Gasteiger partial charge in [-0.25, -0.2) is 4.79 Å². The van der Waals surface area contributed by atoms with E-state index in [1.807, 2.05) is 45.2 Å². The van der Waals surface area contributed by atoms with Gasteiger partial charge in [-0.15, -0.1) is 0 Å². The van der Waals surface area contributed by atoms with Crippen LogP contribution in [0, 0.1) is 13.8 Å². The summed E-state index contributed by atoms with van der Waals surface area (Å²) in [6.07, 6.45) is 7.46. The number of benzene rings is 1. The molecule has 1 aromatic carbocycles. The Balaban J connectivity index is 3.56. The summed E-state index contributed by atoms with van der Waals surface area (Å²) in [6.45, 7) is 16.1. The van der Waals surface area contributed by atoms with E-state index in [0.717, 1.165) is 55.2 Å². The first-order valence-electron chi connectivity index (χ1n) is 14.5. The van der Waals surface area contributed by atoms with Crippen molar-refractivity contribution < 1.29 is 19.1 Å². The second-order valence-corrected chi connectivity index (χ2v) is 12.4. The van der Waals surface area contributed by atoms with Crippen molar-refractivity contribution in [2.75, 3.05) is 18.6 Å². The molecule has 2 N–H and O–H groups in total. The predicted octanol–water partition coefficient (Wildman–Crippen LogP) is 6.70. The number of thioether (sulfide) groups is 1. The van der Waals surface area contributed by atoms with Crippen molar-refractivity contribution in [3.8, 4) is 0 Å². The molecule has 39 heavy (non-hydrogen) atoms. The molecular formula is C31H53N3O4S. The van der Waals surface area contributed by atoms with Crippen LogP contribution in [0.3, 0.4) is 0 Å². The number of hydrogen-bond acceptors (Lipinski definition) is 5. The zero-order valence-corrected chi connectivity index (χ0v) is 26.6. The number of rotatable bonds is 16. The van der Waals surface area contributed by atoms with Crippen LogP contribution in [0.25, 0.3) is 0 Å². The fourth-order valence-corrected chi connectivity index (χ4v) is 5.04. The number of aryl methyl sites for hydroxylation is 1. The van der Waals surface area contributed by atoms with E-state index in [-0.39, 0.29) is 17.9 Å². The van der Waals surface area contributed by atoms with E-state index in [2.05, 4.69) is 24.5 Å². The van der Waals surface area contributed by atoms with Crippen LogP contribution in [-0.4, -0.2) is 59.0 Å². The number of nitrogens with zero attached hydrogens (tertiary/aromatic N) is 1. The molecule has 7 nitrogen and oxygen atoms in total. The number of alkyl carbamates (subject to hydrolysis) is 1. The second-order valence-electron chi connectivity index (χ2n) is 11.5. The van der Waals surface area contributed by atoms with Gasteiger partial charge in [0.05, 0.1) is 0 Å². The topological polar surface area (TPSA) is 87.7 Å². The molecule has 0 fully saturated rings. The third kappa shape index (κ3) is 12.2. The van der Waals surface area contributed by atoms with E-state index < -0.39 is 23.8 Å². The summed E-state index contributed by atoms with van der Waals surface area (Å²) < 4.78 is 5.49. The molecular weight excluding hydrogens is 510 g/mol. The molecule has 3 unspecified atom stereocenters. The maximum Gasteiger partial charge on any atom is 0.408 e. The number of carbonyl (C=O) groups is 3. The van der Waals surface area contributed by atoms with E-state index in [0.29, 0.717) is 18.7 Å². The fraction of sp³-hybridized carbons (Fsp3) is 0.710. The molecule has 0 saturated carbocycles. The zero-order valence-electron chi connectivity index (χ0n) is 25.8. The van der Waals surface area contributed by atoms with Crippen molar-refractivity contribution in [2.45, 2.75) is 124 Å². The maximum absolute atomic E-state index is 14.3. The minimum atomic E-state index is -0.799. The van der Waals surface area contributed by atoms with Crippen LogP contribution in [0.5, 0.6) is 0 Å². The molecule has 0 aliphatic rings. The fourth-order valence-electron chi connectivity index (χ4n) is 4.57. The lowest BCUT2D eigenvalue weighted by Crippen LogP contribution is -2.54. The van der Waals surface area contributed by atoms with E-state index >= 15 is 0 Å². The molecule has 1 rings (SSSR count). The Kier molecular flexibility index (Phi) is 15.6. The SMILES string of the molecule is CCCCCCN(C(=O)C(CCSC)NC(=O)OC(C)(C)C)C(C(=O)NC(C)CCC)c1cccc(C)c1C. The highest BCUT2D eigenvalue weighted by Crippen LogP contribution is 2.28. The number of hydrogen-bond donors (Lipinski definition) is 2. The van der Waals surface area contributed by atoms with Gasteiger partial charge in [-0.05, 0) is 89.5 Å². The summed E-state index contributed by atoms with van der Waals surface area (Å²) in [5.41, 5.74) is 2.19. The largest absolute Gasteiger partial charge is 0.444 e. The first-order chi connectivity index (χ1) is 18.4. The smallest absolute Gasteiger partial charge is 0.408 e. The Bertz CT molecular complexity index is 916. The van der Waals surface area contributed by atoms with Crippen molar-refractivity contribution in [2.24, 2.45) is 0 Å². The summed E-state index contributed by atoms with van der Waals surface area (Å²) in [5, 5.41) is 5.99. The Morgan fingerprint density at radius 2 is 1.69 bits per heavy atom. The van der Waals surface area contributed by atoms with Gasteiger partial charge in [-0.2, -0.15) is 11.8 Å². The van der Waals surface area contributed by atoms with Gasteiger partial charge >= 0.3 is 6.09 Å². The molecule has 3 atom stereocenters. The van der Waals surface area contributed by atoms with Crippen LogP contribution in [0.15, 0.2) is 18.2 Å². The standard InChI is InChI=1S/C31H53N3O4S/c1-10-12-13-14-20-34(29(36)26(19-21-39-9)33-30(37)38-31(6,7)8)27(28(35)32-23(4)16-11-2)25-18-15-17-22(3)24(25)5/h15,17-18,23,26-27H,10-14,16,19-21H2,1-9H3,(H,32,35)(H,33,37). The molecule has 0 saturated heterocycles. The molecule has 0 heterocycles. The Morgan fingerprint density at radius 1 is 1.00 bits per heavy atom. The molecule has 8 heteroatoms. The van der Waals surface area contributed by atoms with Crippen LogP contribution >= 0.6 is 11.8 Å². The van der Waals surface area contributed by atoms with Crippen LogP contribution in [0.2, 0.25) is 0 Å². The minimum Gasteiger partial charge on any atom is -0.444 e. The minimum absolute atomic E-state index is 0.0145. The molecule has 0 spiro atoms.